The number of piperidine rings is 2. The van der Waals surface area contributed by atoms with E-state index in [1.54, 1.807) is 11.3 Å². The van der Waals surface area contributed by atoms with Gasteiger partial charge in [0.1, 0.15) is 0 Å². The van der Waals surface area contributed by atoms with E-state index in [1.165, 1.54) is 19.3 Å². The van der Waals surface area contributed by atoms with E-state index in [9.17, 15) is 9.59 Å². The van der Waals surface area contributed by atoms with Crippen LogP contribution in [0.4, 0.5) is 0 Å². The average Bonchev–Trinajstić information content (AvgIpc) is 3.07. The molecule has 2 saturated heterocycles. The molecular formula is C19H26N2O2S. The highest BCUT2D eigenvalue weighted by atomic mass is 32.1. The lowest BCUT2D eigenvalue weighted by molar-refractivity contribution is -0.140. The van der Waals surface area contributed by atoms with Crippen molar-refractivity contribution >= 4 is 23.2 Å². The largest absolute Gasteiger partial charge is 0.342 e. The van der Waals surface area contributed by atoms with E-state index < -0.39 is 0 Å². The van der Waals surface area contributed by atoms with Gasteiger partial charge in [0.2, 0.25) is 5.91 Å². The van der Waals surface area contributed by atoms with Crippen molar-refractivity contribution < 1.29 is 9.59 Å². The van der Waals surface area contributed by atoms with Crippen molar-refractivity contribution in [2.45, 2.75) is 44.9 Å². The van der Waals surface area contributed by atoms with Gasteiger partial charge in [-0.25, -0.2) is 0 Å². The third-order valence-electron chi connectivity index (χ3n) is 6.37. The Morgan fingerprint density at radius 2 is 1.96 bits per heavy atom. The molecule has 2 amide bonds. The van der Waals surface area contributed by atoms with Crippen LogP contribution >= 0.6 is 11.3 Å². The summed E-state index contributed by atoms with van der Waals surface area (Å²) in [4.78, 5) is 29.1. The van der Waals surface area contributed by atoms with E-state index >= 15 is 0 Å². The molecule has 0 atom stereocenters. The molecule has 1 aromatic rings. The summed E-state index contributed by atoms with van der Waals surface area (Å²) in [7, 11) is 0. The maximum absolute atomic E-state index is 12.6. The van der Waals surface area contributed by atoms with Crippen LogP contribution in [0.25, 0.3) is 0 Å². The first kappa shape index (κ1) is 16.1. The topological polar surface area (TPSA) is 40.6 Å². The van der Waals surface area contributed by atoms with Crippen LogP contribution in [0.15, 0.2) is 16.8 Å². The summed E-state index contributed by atoms with van der Waals surface area (Å²) in [6.45, 7) is 3.50. The second kappa shape index (κ2) is 6.51. The molecule has 0 radical (unpaired) electrons. The number of likely N-dealkylation sites (tertiary alicyclic amines) is 2. The Balaban J connectivity index is 1.32. The van der Waals surface area contributed by atoms with Crippen molar-refractivity contribution in [1.29, 1.82) is 0 Å². The van der Waals surface area contributed by atoms with Gasteiger partial charge in [0.25, 0.3) is 5.91 Å². The Kier molecular flexibility index (Phi) is 4.37. The SMILES string of the molecule is O=C1CC2(CCN1CC1CCC1)CCN(C(=O)c1ccsc1)CC2. The summed E-state index contributed by atoms with van der Waals surface area (Å²) in [5.74, 6) is 1.26. The number of nitrogens with zero attached hydrogens (tertiary/aromatic N) is 2. The molecule has 1 spiro atoms. The summed E-state index contributed by atoms with van der Waals surface area (Å²) in [5, 5.41) is 3.88. The second-order valence-electron chi connectivity index (χ2n) is 7.87. The first-order chi connectivity index (χ1) is 11.7. The lowest BCUT2D eigenvalue weighted by Crippen LogP contribution is -2.51. The molecule has 24 heavy (non-hydrogen) atoms. The Bertz CT molecular complexity index is 601. The molecule has 1 aliphatic carbocycles. The quantitative estimate of drug-likeness (QED) is 0.842. The average molecular weight is 346 g/mol. The standard InChI is InChI=1S/C19H26N2O2S/c22-17-12-19(7-10-21(17)13-15-2-1-3-15)5-8-20(9-6-19)18(23)16-4-11-24-14-16/h4,11,14-15H,1-3,5-10,12-13H2. The zero-order valence-electron chi connectivity index (χ0n) is 14.2. The van der Waals surface area contributed by atoms with E-state index in [0.717, 1.165) is 56.9 Å². The Morgan fingerprint density at radius 3 is 2.54 bits per heavy atom. The molecule has 0 unspecified atom stereocenters. The molecule has 2 aliphatic heterocycles. The van der Waals surface area contributed by atoms with Gasteiger partial charge >= 0.3 is 0 Å². The molecule has 4 rings (SSSR count). The van der Waals surface area contributed by atoms with E-state index in [-0.39, 0.29) is 11.3 Å². The fraction of sp³-hybridized carbons (Fsp3) is 0.684. The number of hydrogen-bond acceptors (Lipinski definition) is 3. The minimum atomic E-state index is 0.151. The minimum Gasteiger partial charge on any atom is -0.342 e. The fourth-order valence-corrected chi connectivity index (χ4v) is 5.01. The number of hydrogen-bond donors (Lipinski definition) is 0. The predicted octanol–water partition coefficient (Wildman–Crippen LogP) is 3.39. The molecule has 3 aliphatic rings. The second-order valence-corrected chi connectivity index (χ2v) is 8.65. The number of amides is 2. The van der Waals surface area contributed by atoms with Crippen LogP contribution in [0.3, 0.4) is 0 Å². The highest BCUT2D eigenvalue weighted by Crippen LogP contribution is 2.42. The molecule has 5 heteroatoms. The molecular weight excluding hydrogens is 320 g/mol. The number of carbonyl (C=O) groups is 2. The molecule has 1 saturated carbocycles. The van der Waals surface area contributed by atoms with Crippen molar-refractivity contribution in [1.82, 2.24) is 9.80 Å². The third kappa shape index (κ3) is 3.10. The third-order valence-corrected chi connectivity index (χ3v) is 7.06. The van der Waals surface area contributed by atoms with Crippen molar-refractivity contribution in [2.24, 2.45) is 11.3 Å². The number of rotatable bonds is 3. The van der Waals surface area contributed by atoms with Gasteiger partial charge in [0.05, 0.1) is 5.56 Å². The van der Waals surface area contributed by atoms with Crippen LogP contribution in [0.5, 0.6) is 0 Å². The zero-order chi connectivity index (χ0) is 16.6. The highest BCUT2D eigenvalue weighted by molar-refractivity contribution is 7.08. The van der Waals surface area contributed by atoms with Crippen molar-refractivity contribution in [2.75, 3.05) is 26.2 Å². The van der Waals surface area contributed by atoms with E-state index in [2.05, 4.69) is 4.90 Å². The van der Waals surface area contributed by atoms with Crippen LogP contribution in [0, 0.1) is 11.3 Å². The summed E-state index contributed by atoms with van der Waals surface area (Å²) in [6.07, 6.45) is 7.71. The molecule has 1 aromatic heterocycles. The summed E-state index contributed by atoms with van der Waals surface area (Å²) in [6, 6.07) is 1.90. The molecule has 0 bridgehead atoms. The number of carbonyl (C=O) groups excluding carboxylic acids is 2. The van der Waals surface area contributed by atoms with Gasteiger partial charge in [-0.3, -0.25) is 9.59 Å². The molecule has 3 heterocycles. The highest BCUT2D eigenvalue weighted by Gasteiger charge is 2.42. The van der Waals surface area contributed by atoms with Gasteiger partial charge in [0.15, 0.2) is 0 Å². The first-order valence-corrected chi connectivity index (χ1v) is 10.2. The van der Waals surface area contributed by atoms with Gasteiger partial charge in [-0.15, -0.1) is 0 Å². The van der Waals surface area contributed by atoms with Crippen LogP contribution in [-0.2, 0) is 4.79 Å². The van der Waals surface area contributed by atoms with Crippen LogP contribution in [0.1, 0.15) is 55.3 Å². The first-order valence-electron chi connectivity index (χ1n) is 9.24. The number of thiophene rings is 1. The summed E-state index contributed by atoms with van der Waals surface area (Å²) in [5.41, 5.74) is 0.959. The van der Waals surface area contributed by atoms with Gasteiger partial charge in [0, 0.05) is 38.0 Å². The molecule has 0 aromatic carbocycles. The minimum absolute atomic E-state index is 0.151. The van der Waals surface area contributed by atoms with E-state index in [1.807, 2.05) is 21.7 Å². The van der Waals surface area contributed by atoms with Crippen molar-refractivity contribution in [3.05, 3.63) is 22.4 Å². The fourth-order valence-electron chi connectivity index (χ4n) is 4.38. The smallest absolute Gasteiger partial charge is 0.254 e. The summed E-state index contributed by atoms with van der Waals surface area (Å²) >= 11 is 1.57. The zero-order valence-corrected chi connectivity index (χ0v) is 15.0. The lowest BCUT2D eigenvalue weighted by Gasteiger charge is -2.47. The van der Waals surface area contributed by atoms with E-state index in [4.69, 9.17) is 0 Å². The van der Waals surface area contributed by atoms with Gasteiger partial charge < -0.3 is 9.80 Å². The molecule has 4 nitrogen and oxygen atoms in total. The Labute approximate surface area is 147 Å². The lowest BCUT2D eigenvalue weighted by atomic mass is 9.70. The van der Waals surface area contributed by atoms with E-state index in [0.29, 0.717) is 12.3 Å². The van der Waals surface area contributed by atoms with Crippen LogP contribution in [0.2, 0.25) is 0 Å². The molecule has 3 fully saturated rings. The summed E-state index contributed by atoms with van der Waals surface area (Å²) < 4.78 is 0. The molecule has 0 N–H and O–H groups in total. The normalized spacial score (nSPS) is 24.2. The maximum Gasteiger partial charge on any atom is 0.254 e. The van der Waals surface area contributed by atoms with Crippen molar-refractivity contribution in [3.8, 4) is 0 Å². The Hall–Kier alpha value is -1.36. The van der Waals surface area contributed by atoms with Gasteiger partial charge in [-0.2, -0.15) is 11.3 Å². The van der Waals surface area contributed by atoms with Crippen LogP contribution in [-0.4, -0.2) is 47.8 Å². The maximum atomic E-state index is 12.6. The van der Waals surface area contributed by atoms with Crippen molar-refractivity contribution in [3.63, 3.8) is 0 Å². The van der Waals surface area contributed by atoms with Gasteiger partial charge in [-0.05, 0) is 54.9 Å². The Morgan fingerprint density at radius 1 is 1.21 bits per heavy atom. The monoisotopic (exact) mass is 346 g/mol. The van der Waals surface area contributed by atoms with Crippen LogP contribution < -0.4 is 0 Å². The molecule has 130 valence electrons. The predicted molar refractivity (Wildman–Crippen MR) is 95.0 cm³/mol. The van der Waals surface area contributed by atoms with Gasteiger partial charge in [-0.1, -0.05) is 6.42 Å².